The molecule has 2 aromatic carbocycles. The third-order valence-corrected chi connectivity index (χ3v) is 3.40. The molecule has 4 heteroatoms. The van der Waals surface area contributed by atoms with Crippen LogP contribution in [0.1, 0.15) is 22.8 Å². The minimum atomic E-state index is -0.0615. The number of carbonyl (C=O) groups excluding carboxylic acids is 1. The van der Waals surface area contributed by atoms with Crippen LogP contribution in [0.15, 0.2) is 48.5 Å². The molecule has 0 radical (unpaired) electrons. The highest BCUT2D eigenvalue weighted by atomic mass is 16.5. The van der Waals surface area contributed by atoms with Crippen LogP contribution in [-0.2, 0) is 6.42 Å². The normalized spacial score (nSPS) is 11.6. The zero-order valence-electron chi connectivity index (χ0n) is 13.1. The molecule has 116 valence electrons. The predicted molar refractivity (Wildman–Crippen MR) is 86.6 cm³/mol. The van der Waals surface area contributed by atoms with E-state index in [-0.39, 0.29) is 11.9 Å². The molecule has 1 amide bonds. The molecule has 22 heavy (non-hydrogen) atoms. The Morgan fingerprint density at radius 3 is 2.36 bits per heavy atom. The zero-order valence-corrected chi connectivity index (χ0v) is 13.1. The third-order valence-electron chi connectivity index (χ3n) is 3.40. The summed E-state index contributed by atoms with van der Waals surface area (Å²) in [6.07, 6.45) is 0.721. The van der Waals surface area contributed by atoms with E-state index in [0.717, 1.165) is 12.0 Å². The number of nitrogens with one attached hydrogen (secondary N) is 1. The SMILES string of the molecule is COc1ccc(CC(C)NC(=O)c2ccccc2)cc1OC. The number of amides is 1. The molecule has 2 aromatic rings. The third kappa shape index (κ3) is 4.01. The maximum absolute atomic E-state index is 12.1. The number of hydrogen-bond acceptors (Lipinski definition) is 3. The monoisotopic (exact) mass is 299 g/mol. The second kappa shape index (κ2) is 7.50. The number of methoxy groups -OCH3 is 2. The van der Waals surface area contributed by atoms with Crippen molar-refractivity contribution >= 4 is 5.91 Å². The molecule has 0 saturated carbocycles. The van der Waals surface area contributed by atoms with Crippen molar-refractivity contribution in [2.24, 2.45) is 0 Å². The van der Waals surface area contributed by atoms with Gasteiger partial charge in [-0.1, -0.05) is 24.3 Å². The van der Waals surface area contributed by atoms with Crippen molar-refractivity contribution in [3.63, 3.8) is 0 Å². The first-order valence-electron chi connectivity index (χ1n) is 7.21. The van der Waals surface area contributed by atoms with E-state index >= 15 is 0 Å². The van der Waals surface area contributed by atoms with Crippen LogP contribution < -0.4 is 14.8 Å². The molecular weight excluding hydrogens is 278 g/mol. The summed E-state index contributed by atoms with van der Waals surface area (Å²) in [5.41, 5.74) is 1.75. The molecule has 0 aliphatic heterocycles. The Morgan fingerprint density at radius 1 is 1.05 bits per heavy atom. The van der Waals surface area contributed by atoms with E-state index in [4.69, 9.17) is 9.47 Å². The Hall–Kier alpha value is -2.49. The Bertz CT molecular complexity index is 625. The van der Waals surface area contributed by atoms with E-state index in [0.29, 0.717) is 17.1 Å². The average molecular weight is 299 g/mol. The highest BCUT2D eigenvalue weighted by Gasteiger charge is 2.11. The first-order chi connectivity index (χ1) is 10.6. The molecule has 0 aromatic heterocycles. The lowest BCUT2D eigenvalue weighted by Gasteiger charge is -2.15. The number of hydrogen-bond donors (Lipinski definition) is 1. The van der Waals surface area contributed by atoms with E-state index in [2.05, 4.69) is 5.32 Å². The molecule has 0 saturated heterocycles. The summed E-state index contributed by atoms with van der Waals surface area (Å²) < 4.78 is 10.5. The van der Waals surface area contributed by atoms with Crippen molar-refractivity contribution in [3.8, 4) is 11.5 Å². The number of carbonyl (C=O) groups is 1. The summed E-state index contributed by atoms with van der Waals surface area (Å²) in [5, 5.41) is 3.00. The van der Waals surface area contributed by atoms with Gasteiger partial charge in [0.1, 0.15) is 0 Å². The summed E-state index contributed by atoms with van der Waals surface area (Å²) in [6, 6.07) is 15.0. The Labute approximate surface area is 131 Å². The largest absolute Gasteiger partial charge is 0.493 e. The smallest absolute Gasteiger partial charge is 0.251 e. The molecule has 4 nitrogen and oxygen atoms in total. The van der Waals surface area contributed by atoms with E-state index < -0.39 is 0 Å². The molecule has 0 bridgehead atoms. The second-order valence-corrected chi connectivity index (χ2v) is 5.13. The molecule has 1 unspecified atom stereocenters. The van der Waals surface area contributed by atoms with E-state index in [1.54, 1.807) is 26.4 Å². The maximum Gasteiger partial charge on any atom is 0.251 e. The zero-order chi connectivity index (χ0) is 15.9. The van der Waals surface area contributed by atoms with Gasteiger partial charge < -0.3 is 14.8 Å². The van der Waals surface area contributed by atoms with E-state index in [1.807, 2.05) is 43.3 Å². The molecule has 0 fully saturated rings. The average Bonchev–Trinajstić information content (AvgIpc) is 2.55. The molecule has 0 aliphatic rings. The lowest BCUT2D eigenvalue weighted by molar-refractivity contribution is 0.0940. The number of benzene rings is 2. The fraction of sp³-hybridized carbons (Fsp3) is 0.278. The molecule has 0 aliphatic carbocycles. The Morgan fingerprint density at radius 2 is 1.73 bits per heavy atom. The quantitative estimate of drug-likeness (QED) is 0.891. The Kier molecular flexibility index (Phi) is 5.42. The predicted octanol–water partition coefficient (Wildman–Crippen LogP) is 3.06. The van der Waals surface area contributed by atoms with Gasteiger partial charge in [0.2, 0.25) is 0 Å². The van der Waals surface area contributed by atoms with Gasteiger partial charge in [0.05, 0.1) is 14.2 Å². The summed E-state index contributed by atoms with van der Waals surface area (Å²) in [6.45, 7) is 1.98. The van der Waals surface area contributed by atoms with Crippen molar-refractivity contribution in [1.29, 1.82) is 0 Å². The van der Waals surface area contributed by atoms with Gasteiger partial charge in [0.25, 0.3) is 5.91 Å². The van der Waals surface area contributed by atoms with Gasteiger partial charge in [-0.05, 0) is 43.2 Å². The van der Waals surface area contributed by atoms with Crippen LogP contribution in [0.25, 0.3) is 0 Å². The fourth-order valence-electron chi connectivity index (χ4n) is 2.31. The van der Waals surface area contributed by atoms with Gasteiger partial charge in [0.15, 0.2) is 11.5 Å². The standard InChI is InChI=1S/C18H21NO3/c1-13(19-18(20)15-7-5-4-6-8-15)11-14-9-10-16(21-2)17(12-14)22-3/h4-10,12-13H,11H2,1-3H3,(H,19,20). The lowest BCUT2D eigenvalue weighted by Crippen LogP contribution is -2.34. The number of rotatable bonds is 6. The first kappa shape index (κ1) is 15.9. The van der Waals surface area contributed by atoms with Crippen molar-refractivity contribution < 1.29 is 14.3 Å². The Balaban J connectivity index is 2.00. The van der Waals surface area contributed by atoms with Crippen LogP contribution in [0.5, 0.6) is 11.5 Å². The van der Waals surface area contributed by atoms with Crippen LogP contribution in [0, 0.1) is 0 Å². The highest BCUT2D eigenvalue weighted by molar-refractivity contribution is 5.94. The molecule has 1 N–H and O–H groups in total. The van der Waals surface area contributed by atoms with Crippen molar-refractivity contribution in [2.75, 3.05) is 14.2 Å². The summed E-state index contributed by atoms with van der Waals surface area (Å²) >= 11 is 0. The minimum Gasteiger partial charge on any atom is -0.493 e. The van der Waals surface area contributed by atoms with E-state index in [9.17, 15) is 4.79 Å². The van der Waals surface area contributed by atoms with Gasteiger partial charge in [0, 0.05) is 11.6 Å². The van der Waals surface area contributed by atoms with Gasteiger partial charge in [-0.3, -0.25) is 4.79 Å². The van der Waals surface area contributed by atoms with Crippen LogP contribution >= 0.6 is 0 Å². The van der Waals surface area contributed by atoms with E-state index in [1.165, 1.54) is 0 Å². The summed E-state index contributed by atoms with van der Waals surface area (Å²) in [5.74, 6) is 1.34. The van der Waals surface area contributed by atoms with Gasteiger partial charge in [-0.25, -0.2) is 0 Å². The lowest BCUT2D eigenvalue weighted by atomic mass is 10.1. The van der Waals surface area contributed by atoms with Crippen molar-refractivity contribution in [3.05, 3.63) is 59.7 Å². The van der Waals surface area contributed by atoms with Crippen LogP contribution in [0.2, 0.25) is 0 Å². The van der Waals surface area contributed by atoms with Crippen LogP contribution in [0.4, 0.5) is 0 Å². The van der Waals surface area contributed by atoms with Crippen LogP contribution in [0.3, 0.4) is 0 Å². The topological polar surface area (TPSA) is 47.6 Å². The van der Waals surface area contributed by atoms with Crippen molar-refractivity contribution in [2.45, 2.75) is 19.4 Å². The maximum atomic E-state index is 12.1. The molecule has 2 rings (SSSR count). The summed E-state index contributed by atoms with van der Waals surface area (Å²) in [7, 11) is 3.22. The highest BCUT2D eigenvalue weighted by Crippen LogP contribution is 2.27. The minimum absolute atomic E-state index is 0.0193. The molecule has 0 heterocycles. The van der Waals surface area contributed by atoms with Gasteiger partial charge in [-0.2, -0.15) is 0 Å². The molecule has 1 atom stereocenters. The first-order valence-corrected chi connectivity index (χ1v) is 7.21. The number of ether oxygens (including phenoxy) is 2. The molecular formula is C18H21NO3. The fourth-order valence-corrected chi connectivity index (χ4v) is 2.31. The van der Waals surface area contributed by atoms with Crippen LogP contribution in [-0.4, -0.2) is 26.2 Å². The van der Waals surface area contributed by atoms with Gasteiger partial charge in [-0.15, -0.1) is 0 Å². The molecule has 0 spiro atoms. The van der Waals surface area contributed by atoms with Crippen molar-refractivity contribution in [1.82, 2.24) is 5.32 Å². The van der Waals surface area contributed by atoms with Gasteiger partial charge >= 0.3 is 0 Å². The second-order valence-electron chi connectivity index (χ2n) is 5.13. The summed E-state index contributed by atoms with van der Waals surface area (Å²) in [4.78, 5) is 12.1.